The molecule has 98 valence electrons. The average molecular weight is 282 g/mol. The standard InChI is InChI=1S/C13H9ClFNO3/c14-10-6-5-9(12(7-10)16(17)18)8-19-13-4-2-1-3-11(13)15/h1-7H,8H2. The Morgan fingerprint density at radius 2 is 2.00 bits per heavy atom. The molecule has 2 rings (SSSR count). The fraction of sp³-hybridized carbons (Fsp3) is 0.0769. The first-order valence-corrected chi connectivity index (χ1v) is 5.76. The largest absolute Gasteiger partial charge is 0.486 e. The maximum Gasteiger partial charge on any atom is 0.277 e. The zero-order chi connectivity index (χ0) is 13.8. The molecular formula is C13H9ClFNO3. The van der Waals surface area contributed by atoms with Crippen LogP contribution in [0, 0.1) is 15.9 Å². The molecule has 19 heavy (non-hydrogen) atoms. The predicted octanol–water partition coefficient (Wildman–Crippen LogP) is 3.97. The number of halogens is 2. The van der Waals surface area contributed by atoms with Crippen LogP contribution >= 0.6 is 11.6 Å². The molecule has 0 N–H and O–H groups in total. The van der Waals surface area contributed by atoms with Crippen LogP contribution in [0.4, 0.5) is 10.1 Å². The van der Waals surface area contributed by atoms with Crippen molar-refractivity contribution in [1.29, 1.82) is 0 Å². The van der Waals surface area contributed by atoms with Crippen LogP contribution in [0.3, 0.4) is 0 Å². The Labute approximate surface area is 113 Å². The molecule has 0 radical (unpaired) electrons. The summed E-state index contributed by atoms with van der Waals surface area (Å²) in [4.78, 5) is 10.3. The van der Waals surface area contributed by atoms with E-state index in [0.717, 1.165) is 0 Å². The summed E-state index contributed by atoms with van der Waals surface area (Å²) in [6.07, 6.45) is 0. The van der Waals surface area contributed by atoms with Crippen LogP contribution in [0.5, 0.6) is 5.75 Å². The summed E-state index contributed by atoms with van der Waals surface area (Å²) < 4.78 is 18.6. The topological polar surface area (TPSA) is 52.4 Å². The molecule has 0 aliphatic heterocycles. The van der Waals surface area contributed by atoms with Gasteiger partial charge in [-0.25, -0.2) is 4.39 Å². The van der Waals surface area contributed by atoms with Crippen LogP contribution in [0.1, 0.15) is 5.56 Å². The van der Waals surface area contributed by atoms with Crippen LogP contribution < -0.4 is 4.74 Å². The molecule has 0 heterocycles. The van der Waals surface area contributed by atoms with Gasteiger partial charge in [-0.3, -0.25) is 10.1 Å². The van der Waals surface area contributed by atoms with Gasteiger partial charge in [-0.2, -0.15) is 0 Å². The molecule has 0 saturated carbocycles. The molecule has 0 fully saturated rings. The normalized spacial score (nSPS) is 10.2. The van der Waals surface area contributed by atoms with Crippen molar-refractivity contribution in [2.75, 3.05) is 0 Å². The van der Waals surface area contributed by atoms with E-state index in [1.165, 1.54) is 36.4 Å². The Hall–Kier alpha value is -2.14. The highest BCUT2D eigenvalue weighted by Gasteiger charge is 2.15. The van der Waals surface area contributed by atoms with Crippen LogP contribution in [-0.2, 0) is 6.61 Å². The van der Waals surface area contributed by atoms with Crippen LogP contribution in [-0.4, -0.2) is 4.92 Å². The number of rotatable bonds is 4. The summed E-state index contributed by atoms with van der Waals surface area (Å²) in [5, 5.41) is 11.1. The van der Waals surface area contributed by atoms with Gasteiger partial charge in [-0.15, -0.1) is 0 Å². The predicted molar refractivity (Wildman–Crippen MR) is 68.8 cm³/mol. The zero-order valence-corrected chi connectivity index (χ0v) is 10.4. The van der Waals surface area contributed by atoms with Crippen LogP contribution in [0.2, 0.25) is 5.02 Å². The molecule has 2 aromatic carbocycles. The van der Waals surface area contributed by atoms with Crippen molar-refractivity contribution < 1.29 is 14.1 Å². The monoisotopic (exact) mass is 281 g/mol. The summed E-state index contributed by atoms with van der Waals surface area (Å²) in [5.74, 6) is -0.467. The summed E-state index contributed by atoms with van der Waals surface area (Å²) >= 11 is 5.70. The first kappa shape index (κ1) is 13.3. The third-order valence-electron chi connectivity index (χ3n) is 2.46. The number of hydrogen-bond donors (Lipinski definition) is 0. The number of nitro benzene ring substituents is 1. The van der Waals surface area contributed by atoms with E-state index in [2.05, 4.69) is 0 Å². The smallest absolute Gasteiger partial charge is 0.277 e. The average Bonchev–Trinajstić information content (AvgIpc) is 2.38. The molecule has 0 atom stereocenters. The quantitative estimate of drug-likeness (QED) is 0.629. The molecular weight excluding hydrogens is 273 g/mol. The van der Waals surface area contributed by atoms with E-state index >= 15 is 0 Å². The SMILES string of the molecule is O=[N+]([O-])c1cc(Cl)ccc1COc1ccccc1F. The van der Waals surface area contributed by atoms with E-state index in [9.17, 15) is 14.5 Å². The molecule has 0 amide bonds. The zero-order valence-electron chi connectivity index (χ0n) is 9.68. The Bertz CT molecular complexity index is 619. The minimum atomic E-state index is -0.550. The van der Waals surface area contributed by atoms with E-state index in [1.807, 2.05) is 0 Å². The van der Waals surface area contributed by atoms with Gasteiger partial charge in [0, 0.05) is 11.1 Å². The van der Waals surface area contributed by atoms with Crippen LogP contribution in [0.15, 0.2) is 42.5 Å². The lowest BCUT2D eigenvalue weighted by Crippen LogP contribution is -2.01. The number of nitrogens with zero attached hydrogens (tertiary/aromatic N) is 1. The van der Waals surface area contributed by atoms with Gasteiger partial charge < -0.3 is 4.74 Å². The summed E-state index contributed by atoms with van der Waals surface area (Å²) in [7, 11) is 0. The molecule has 6 heteroatoms. The third kappa shape index (κ3) is 3.20. The fourth-order valence-corrected chi connectivity index (χ4v) is 1.71. The molecule has 0 spiro atoms. The Morgan fingerprint density at radius 1 is 1.26 bits per heavy atom. The maximum absolute atomic E-state index is 13.3. The van der Waals surface area contributed by atoms with Gasteiger partial charge >= 0.3 is 0 Å². The second-order valence-electron chi connectivity index (χ2n) is 3.75. The van der Waals surface area contributed by atoms with Crippen LogP contribution in [0.25, 0.3) is 0 Å². The molecule has 0 unspecified atom stereocenters. The van der Waals surface area contributed by atoms with Crippen molar-refractivity contribution in [2.45, 2.75) is 6.61 Å². The molecule has 4 nitrogen and oxygen atoms in total. The van der Waals surface area contributed by atoms with Crippen molar-refractivity contribution in [3.63, 3.8) is 0 Å². The molecule has 2 aromatic rings. The second kappa shape index (κ2) is 5.67. The molecule has 0 aromatic heterocycles. The number of ether oxygens (including phenoxy) is 1. The molecule has 0 aliphatic carbocycles. The van der Waals surface area contributed by atoms with Gasteiger partial charge in [-0.05, 0) is 24.3 Å². The van der Waals surface area contributed by atoms with Crippen molar-refractivity contribution >= 4 is 17.3 Å². The van der Waals surface area contributed by atoms with Crippen molar-refractivity contribution in [2.24, 2.45) is 0 Å². The number of benzene rings is 2. The number of hydrogen-bond acceptors (Lipinski definition) is 3. The Balaban J connectivity index is 2.20. The summed E-state index contributed by atoms with van der Waals surface area (Å²) in [6.45, 7) is -0.103. The van der Waals surface area contributed by atoms with E-state index in [0.29, 0.717) is 5.56 Å². The van der Waals surface area contributed by atoms with E-state index in [1.54, 1.807) is 6.07 Å². The highest BCUT2D eigenvalue weighted by atomic mass is 35.5. The first-order valence-electron chi connectivity index (χ1n) is 5.38. The van der Waals surface area contributed by atoms with E-state index < -0.39 is 10.7 Å². The molecule has 0 saturated heterocycles. The van der Waals surface area contributed by atoms with Gasteiger partial charge in [0.15, 0.2) is 11.6 Å². The first-order chi connectivity index (χ1) is 9.08. The summed E-state index contributed by atoms with van der Waals surface area (Å²) in [5.41, 5.74) is 0.182. The van der Waals surface area contributed by atoms with Gasteiger partial charge in [0.05, 0.1) is 10.5 Å². The number of nitro groups is 1. The molecule has 0 bridgehead atoms. The van der Waals surface area contributed by atoms with Crippen molar-refractivity contribution in [3.8, 4) is 5.75 Å². The third-order valence-corrected chi connectivity index (χ3v) is 2.70. The second-order valence-corrected chi connectivity index (χ2v) is 4.19. The fourth-order valence-electron chi connectivity index (χ4n) is 1.55. The Kier molecular flexibility index (Phi) is 3.97. The number of para-hydroxylation sites is 1. The molecule has 0 aliphatic rings. The van der Waals surface area contributed by atoms with Gasteiger partial charge in [0.25, 0.3) is 5.69 Å². The minimum absolute atomic E-state index is 0.0479. The van der Waals surface area contributed by atoms with E-state index in [-0.39, 0.29) is 23.1 Å². The lowest BCUT2D eigenvalue weighted by Gasteiger charge is -2.07. The van der Waals surface area contributed by atoms with Gasteiger partial charge in [0.1, 0.15) is 6.61 Å². The van der Waals surface area contributed by atoms with Gasteiger partial charge in [0.2, 0.25) is 0 Å². The van der Waals surface area contributed by atoms with Crippen molar-refractivity contribution in [1.82, 2.24) is 0 Å². The van der Waals surface area contributed by atoms with E-state index in [4.69, 9.17) is 16.3 Å². The summed E-state index contributed by atoms with van der Waals surface area (Å²) in [6, 6.07) is 10.1. The highest BCUT2D eigenvalue weighted by Crippen LogP contribution is 2.25. The van der Waals surface area contributed by atoms with Gasteiger partial charge in [-0.1, -0.05) is 23.7 Å². The lowest BCUT2D eigenvalue weighted by atomic mass is 10.2. The van der Waals surface area contributed by atoms with Crippen molar-refractivity contribution in [3.05, 3.63) is 69.0 Å². The lowest BCUT2D eigenvalue weighted by molar-refractivity contribution is -0.385. The minimum Gasteiger partial charge on any atom is -0.486 e. The highest BCUT2D eigenvalue weighted by molar-refractivity contribution is 6.30. The Morgan fingerprint density at radius 3 is 2.68 bits per heavy atom. The maximum atomic E-state index is 13.3.